The molecule has 0 atom stereocenters. The number of aromatic nitrogens is 4. The van der Waals surface area contributed by atoms with Gasteiger partial charge in [0, 0.05) is 11.6 Å². The maximum atomic E-state index is 6.71. The number of nitrogens with zero attached hydrogens (tertiary/aromatic N) is 4. The van der Waals surface area contributed by atoms with Crippen molar-refractivity contribution in [3.05, 3.63) is 219 Å². The monoisotopic (exact) mass is 997 g/mol. The van der Waals surface area contributed by atoms with Crippen molar-refractivity contribution in [2.75, 3.05) is 0 Å². The fourth-order valence-corrected chi connectivity index (χ4v) is 10.6. The Hall–Kier alpha value is -6.55. The number of aryl methyl sites for hydroxylation is 4. The number of fused-ring (bicyclic) bond motifs is 3. The van der Waals surface area contributed by atoms with Crippen LogP contribution in [-0.2, 0) is 50.5 Å². The van der Waals surface area contributed by atoms with Crippen LogP contribution in [0.4, 0.5) is 0 Å². The summed E-state index contributed by atoms with van der Waals surface area (Å²) >= 11 is 2.48. The third-order valence-electron chi connectivity index (χ3n) is 13.4. The van der Waals surface area contributed by atoms with E-state index in [0.717, 1.165) is 68.4 Å². The number of imidazole rings is 1. The van der Waals surface area contributed by atoms with Crippen LogP contribution in [0, 0.1) is 29.8 Å². The van der Waals surface area contributed by atoms with Gasteiger partial charge in [0.1, 0.15) is 0 Å². The molecular formula is C57H46N4OPt-2. The topological polar surface area (TPSA) is 36.4 Å². The predicted octanol–water partition coefficient (Wildman–Crippen LogP) is 13.2. The summed E-state index contributed by atoms with van der Waals surface area (Å²) in [5, 5.41) is 2.21. The van der Waals surface area contributed by atoms with Crippen LogP contribution in [0.15, 0.2) is 158 Å². The van der Waals surface area contributed by atoms with Crippen LogP contribution in [0.3, 0.4) is 0 Å². The van der Waals surface area contributed by atoms with Crippen molar-refractivity contribution in [2.45, 2.75) is 58.8 Å². The molecule has 6 heteroatoms. The summed E-state index contributed by atoms with van der Waals surface area (Å²) in [5.41, 5.74) is 17.1. The standard InChI is InChI=1S/C57H46N4O.Pt/c1-38-39(2)41-19-18-40(38)20-21-43-23-26-47(25-22-41)60-37-59(36-55(43)60)48-16-11-17-49(34-48)62-50-27-28-51-52-32-44(42-12-7-5-8-13-42)24-29-53(52)61(54(51)35-50)56-33-46(30-31-58-56)57(3,4)45-14-9-6-10-15-45;/h5-19,23-24,26-33,36H,20-22,25H2,1-4H3;/q-2;. The molecule has 4 bridgehead atoms. The van der Waals surface area contributed by atoms with Crippen molar-refractivity contribution < 1.29 is 24.1 Å². The predicted molar refractivity (Wildman–Crippen MR) is 251 cm³/mol. The minimum absolute atomic E-state index is 0.235. The summed E-state index contributed by atoms with van der Waals surface area (Å²) in [6.07, 6.45) is 8.16. The number of rotatable bonds is 7. The molecule has 0 spiro atoms. The van der Waals surface area contributed by atoms with Crippen LogP contribution >= 0.6 is 0 Å². The zero-order valence-electron chi connectivity index (χ0n) is 35.9. The van der Waals surface area contributed by atoms with E-state index in [-0.39, 0.29) is 5.41 Å². The van der Waals surface area contributed by atoms with Gasteiger partial charge in [-0.2, -0.15) is 0 Å². The minimum atomic E-state index is -0.235. The Bertz CT molecular complexity index is 3450. The zero-order valence-corrected chi connectivity index (χ0v) is 38.1. The molecule has 10 aromatic rings. The molecule has 4 aromatic heterocycles. The van der Waals surface area contributed by atoms with Gasteiger partial charge in [0.2, 0.25) is 0 Å². The molecule has 0 radical (unpaired) electrons. The summed E-state index contributed by atoms with van der Waals surface area (Å²) in [6.45, 7) is 9.12. The van der Waals surface area contributed by atoms with E-state index < -0.39 is 0 Å². The van der Waals surface area contributed by atoms with Crippen LogP contribution < -0.4 is 4.74 Å². The molecule has 6 aromatic carbocycles. The summed E-state index contributed by atoms with van der Waals surface area (Å²) in [6, 6.07) is 59.3. The van der Waals surface area contributed by atoms with Gasteiger partial charge in [-0.25, -0.2) is 0 Å². The first-order chi connectivity index (χ1) is 30.7. The van der Waals surface area contributed by atoms with Crippen LogP contribution in [0.5, 0.6) is 11.5 Å². The van der Waals surface area contributed by atoms with Gasteiger partial charge in [-0.15, -0.1) is 0 Å². The van der Waals surface area contributed by atoms with Crippen molar-refractivity contribution in [1.29, 1.82) is 0 Å². The van der Waals surface area contributed by atoms with E-state index in [1.165, 1.54) is 55.7 Å². The molecule has 312 valence electrons. The first-order valence-corrected chi connectivity index (χ1v) is 22.9. The fourth-order valence-electron chi connectivity index (χ4n) is 9.59. The Morgan fingerprint density at radius 2 is 1.32 bits per heavy atom. The summed E-state index contributed by atoms with van der Waals surface area (Å²) in [5.74, 6) is 2.07. The molecule has 0 saturated heterocycles. The molecule has 5 nitrogen and oxygen atoms in total. The van der Waals surface area contributed by atoms with Gasteiger partial charge in [0.25, 0.3) is 0 Å². The fraction of sp³-hybridized carbons (Fsp3) is 0.158. The maximum absolute atomic E-state index is 6.71. The first kappa shape index (κ1) is 39.3. The van der Waals surface area contributed by atoms with Gasteiger partial charge in [-0.3, -0.25) is 0 Å². The van der Waals surface area contributed by atoms with Crippen molar-refractivity contribution in [2.24, 2.45) is 0 Å². The molecule has 0 amide bonds. The number of hydrogen-bond acceptors (Lipinski definition) is 2. The van der Waals surface area contributed by atoms with E-state index in [4.69, 9.17) is 9.72 Å². The molecule has 0 fully saturated rings. The average molecular weight is 998 g/mol. The SMILES string of the molecule is Cc1c2ccc(c1C)CCc1ccc(c3cn(-c4[c-]c(Oc5[c-]c6c(cc5)c5cc(-c7ccccc7)ccc5n6-c5cc(C(C)(C)c6ccccc6)ccn5)ccc4)[c](=[Pt])n13)CC2. The molecule has 2 aliphatic heterocycles. The average Bonchev–Trinajstić information content (AvgIpc) is 3.83. The van der Waals surface area contributed by atoms with Crippen LogP contribution in [-0.4, -0.2) is 18.5 Å². The van der Waals surface area contributed by atoms with Gasteiger partial charge in [0.05, 0.1) is 0 Å². The second kappa shape index (κ2) is 15.7. The molecule has 63 heavy (non-hydrogen) atoms. The van der Waals surface area contributed by atoms with Gasteiger partial charge in [-0.1, -0.05) is 80.6 Å². The molecule has 0 saturated carbocycles. The third kappa shape index (κ3) is 6.91. The Morgan fingerprint density at radius 3 is 2.11 bits per heavy atom. The van der Waals surface area contributed by atoms with E-state index in [9.17, 15) is 0 Å². The molecule has 14 rings (SSSR count). The summed E-state index contributed by atoms with van der Waals surface area (Å²) in [7, 11) is 0. The van der Waals surface area contributed by atoms with Gasteiger partial charge >= 0.3 is 261 Å². The molecule has 0 N–H and O–H groups in total. The van der Waals surface area contributed by atoms with Gasteiger partial charge in [0.15, 0.2) is 0 Å². The molecule has 4 aliphatic rings. The number of ether oxygens (including phenoxy) is 1. The quantitative estimate of drug-likeness (QED) is 0.149. The Labute approximate surface area is 379 Å². The van der Waals surface area contributed by atoms with Gasteiger partial charge < -0.3 is 0 Å². The van der Waals surface area contributed by atoms with E-state index in [2.05, 4.69) is 212 Å². The summed E-state index contributed by atoms with van der Waals surface area (Å²) < 4.78 is 14.8. The molecule has 0 unspecified atom stereocenters. The second-order valence-electron chi connectivity index (χ2n) is 17.4. The van der Waals surface area contributed by atoms with E-state index in [1.807, 2.05) is 18.3 Å². The third-order valence-corrected chi connectivity index (χ3v) is 14.5. The Morgan fingerprint density at radius 1 is 0.603 bits per heavy atom. The van der Waals surface area contributed by atoms with Crippen molar-refractivity contribution in [1.82, 2.24) is 18.5 Å². The molecular weight excluding hydrogens is 952 g/mol. The summed E-state index contributed by atoms with van der Waals surface area (Å²) in [4.78, 5) is 5.00. The van der Waals surface area contributed by atoms with E-state index >= 15 is 0 Å². The normalized spacial score (nSPS) is 12.9. The Kier molecular flexibility index (Phi) is 9.77. The molecule has 6 heterocycles. The first-order valence-electron chi connectivity index (χ1n) is 21.8. The zero-order chi connectivity index (χ0) is 42.8. The van der Waals surface area contributed by atoms with Gasteiger partial charge in [-0.05, 0) is 28.3 Å². The van der Waals surface area contributed by atoms with Crippen LogP contribution in [0.1, 0.15) is 58.5 Å². The number of hydrogen-bond donors (Lipinski definition) is 0. The van der Waals surface area contributed by atoms with Crippen LogP contribution in [0.2, 0.25) is 0 Å². The van der Waals surface area contributed by atoms with E-state index in [1.54, 1.807) is 0 Å². The van der Waals surface area contributed by atoms with E-state index in [0.29, 0.717) is 11.5 Å². The number of benzene rings is 6. The second-order valence-corrected chi connectivity index (χ2v) is 18.4. The molecule has 2 aliphatic carbocycles. The number of pyridine rings is 2. The van der Waals surface area contributed by atoms with Crippen molar-refractivity contribution in [3.63, 3.8) is 0 Å². The Balaban J connectivity index is 0.991. The van der Waals surface area contributed by atoms with Crippen LogP contribution in [0.25, 0.3) is 50.0 Å². The van der Waals surface area contributed by atoms with Crippen molar-refractivity contribution in [3.8, 4) is 34.1 Å². The van der Waals surface area contributed by atoms with Crippen molar-refractivity contribution >= 4 is 27.3 Å².